The zero-order valence-electron chi connectivity index (χ0n) is 12.7. The Bertz CT molecular complexity index is 497. The highest BCUT2D eigenvalue weighted by atomic mass is 35.5. The molecule has 1 aromatic rings. The minimum absolute atomic E-state index is 0.0145. The Labute approximate surface area is 131 Å². The van der Waals surface area contributed by atoms with Crippen LogP contribution in [0.4, 0.5) is 0 Å². The van der Waals surface area contributed by atoms with Gasteiger partial charge in [0.25, 0.3) is 5.91 Å². The van der Waals surface area contributed by atoms with Crippen LogP contribution in [-0.2, 0) is 6.42 Å². The highest BCUT2D eigenvalue weighted by Crippen LogP contribution is 2.22. The van der Waals surface area contributed by atoms with Gasteiger partial charge in [-0.15, -0.1) is 0 Å². The number of likely N-dealkylation sites (tertiary alicyclic amines) is 1. The second kappa shape index (κ2) is 7.23. The normalized spacial score (nSPS) is 17.8. The summed E-state index contributed by atoms with van der Waals surface area (Å²) < 4.78 is 0. The number of rotatable bonds is 4. The number of aliphatic hydroxyl groups excluding tert-OH is 1. The van der Waals surface area contributed by atoms with Crippen LogP contribution in [0.5, 0.6) is 0 Å². The molecule has 1 atom stereocenters. The number of halogens is 1. The van der Waals surface area contributed by atoms with Crippen molar-refractivity contribution in [3.05, 3.63) is 28.5 Å². The van der Waals surface area contributed by atoms with Gasteiger partial charge < -0.3 is 10.0 Å². The van der Waals surface area contributed by atoms with E-state index < -0.39 is 0 Å². The lowest BCUT2D eigenvalue weighted by Gasteiger charge is -2.33. The van der Waals surface area contributed by atoms with Crippen molar-refractivity contribution in [1.82, 2.24) is 9.88 Å². The molecule has 1 saturated heterocycles. The van der Waals surface area contributed by atoms with Gasteiger partial charge in [0.05, 0.1) is 6.10 Å². The van der Waals surface area contributed by atoms with Crippen LogP contribution in [0.15, 0.2) is 12.1 Å². The number of amides is 1. The Balaban J connectivity index is 2.07. The second-order valence-corrected chi connectivity index (χ2v) is 6.18. The zero-order valence-corrected chi connectivity index (χ0v) is 13.4. The molecule has 1 unspecified atom stereocenters. The first-order valence-corrected chi connectivity index (χ1v) is 8.03. The molecule has 2 heterocycles. The number of carbonyl (C=O) groups excluding carboxylic acids is 1. The lowest BCUT2D eigenvalue weighted by Crippen LogP contribution is -2.40. The molecule has 1 fully saturated rings. The molecule has 116 valence electrons. The monoisotopic (exact) mass is 310 g/mol. The van der Waals surface area contributed by atoms with Crippen LogP contribution in [0.2, 0.25) is 5.15 Å². The summed E-state index contributed by atoms with van der Waals surface area (Å²) in [7, 11) is 0. The molecule has 0 aliphatic carbocycles. The van der Waals surface area contributed by atoms with Gasteiger partial charge in [-0.2, -0.15) is 0 Å². The van der Waals surface area contributed by atoms with Crippen molar-refractivity contribution in [3.8, 4) is 0 Å². The molecule has 5 heteroatoms. The minimum atomic E-state index is -0.297. The number of pyridine rings is 1. The average molecular weight is 311 g/mol. The Hall–Kier alpha value is -1.13. The first-order chi connectivity index (χ1) is 10.0. The van der Waals surface area contributed by atoms with E-state index in [1.165, 1.54) is 0 Å². The lowest BCUT2D eigenvalue weighted by atomic mass is 9.92. The summed E-state index contributed by atoms with van der Waals surface area (Å²) in [6.07, 6.45) is 3.20. The third-order valence-corrected chi connectivity index (χ3v) is 4.30. The molecule has 1 N–H and O–H groups in total. The van der Waals surface area contributed by atoms with Crippen molar-refractivity contribution in [2.45, 2.75) is 45.6 Å². The van der Waals surface area contributed by atoms with E-state index in [2.05, 4.69) is 11.9 Å². The van der Waals surface area contributed by atoms with Crippen LogP contribution >= 0.6 is 11.6 Å². The van der Waals surface area contributed by atoms with Crippen molar-refractivity contribution in [2.24, 2.45) is 5.92 Å². The Morgan fingerprint density at radius 2 is 2.14 bits per heavy atom. The molecule has 1 amide bonds. The van der Waals surface area contributed by atoms with E-state index >= 15 is 0 Å². The smallest absolute Gasteiger partial charge is 0.254 e. The predicted octanol–water partition coefficient (Wildman–Crippen LogP) is 2.92. The van der Waals surface area contributed by atoms with Crippen LogP contribution < -0.4 is 0 Å². The number of nitrogens with zero attached hydrogens (tertiary/aromatic N) is 2. The second-order valence-electron chi connectivity index (χ2n) is 5.79. The van der Waals surface area contributed by atoms with Crippen LogP contribution in [0.1, 0.15) is 49.2 Å². The summed E-state index contributed by atoms with van der Waals surface area (Å²) in [5.74, 6) is 0.312. The van der Waals surface area contributed by atoms with Crippen molar-refractivity contribution < 1.29 is 9.90 Å². The molecule has 1 aliphatic heterocycles. The van der Waals surface area contributed by atoms with Gasteiger partial charge >= 0.3 is 0 Å². The predicted molar refractivity (Wildman–Crippen MR) is 83.6 cm³/mol. The molecule has 4 nitrogen and oxygen atoms in total. The fraction of sp³-hybridized carbons (Fsp3) is 0.625. The van der Waals surface area contributed by atoms with Gasteiger partial charge in [-0.05, 0) is 44.2 Å². The molecule has 0 aromatic carbocycles. The Kier molecular flexibility index (Phi) is 5.59. The lowest BCUT2D eigenvalue weighted by molar-refractivity contribution is 0.0521. The molecule has 1 aromatic heterocycles. The van der Waals surface area contributed by atoms with Crippen molar-refractivity contribution in [1.29, 1.82) is 0 Å². The molecule has 0 radical (unpaired) electrons. The topological polar surface area (TPSA) is 53.4 Å². The number of aliphatic hydroxyl groups is 1. The van der Waals surface area contributed by atoms with Gasteiger partial charge in [0, 0.05) is 24.3 Å². The maximum Gasteiger partial charge on any atom is 0.254 e. The first-order valence-electron chi connectivity index (χ1n) is 7.65. The van der Waals surface area contributed by atoms with E-state index in [1.54, 1.807) is 6.07 Å². The Morgan fingerprint density at radius 3 is 2.71 bits per heavy atom. The third kappa shape index (κ3) is 4.17. The maximum atomic E-state index is 12.6. The van der Waals surface area contributed by atoms with Gasteiger partial charge in [0.15, 0.2) is 0 Å². The minimum Gasteiger partial charge on any atom is -0.393 e. The SMILES string of the molecule is CCCc1cc(C(=O)N2CCC(C(C)O)CC2)cc(Cl)n1. The summed E-state index contributed by atoms with van der Waals surface area (Å²) in [5.41, 5.74) is 1.49. The average Bonchev–Trinajstić information content (AvgIpc) is 2.46. The molecule has 0 spiro atoms. The number of aryl methyl sites for hydroxylation is 1. The number of piperidine rings is 1. The highest BCUT2D eigenvalue weighted by molar-refractivity contribution is 6.29. The third-order valence-electron chi connectivity index (χ3n) is 4.11. The Morgan fingerprint density at radius 1 is 1.48 bits per heavy atom. The molecule has 0 bridgehead atoms. The molecule has 1 aliphatic rings. The van der Waals surface area contributed by atoms with Crippen LogP contribution in [0, 0.1) is 5.92 Å². The summed E-state index contributed by atoms with van der Waals surface area (Å²) in [6.45, 7) is 5.28. The number of aromatic nitrogens is 1. The first kappa shape index (κ1) is 16.2. The molecule has 2 rings (SSSR count). The number of hydrogen-bond acceptors (Lipinski definition) is 3. The van der Waals surface area contributed by atoms with Crippen molar-refractivity contribution in [3.63, 3.8) is 0 Å². The quantitative estimate of drug-likeness (QED) is 0.870. The van der Waals surface area contributed by atoms with Crippen LogP contribution in [0.3, 0.4) is 0 Å². The van der Waals surface area contributed by atoms with E-state index in [0.717, 1.165) is 31.4 Å². The van der Waals surface area contributed by atoms with Crippen molar-refractivity contribution in [2.75, 3.05) is 13.1 Å². The van der Waals surface area contributed by atoms with Crippen LogP contribution in [-0.4, -0.2) is 40.1 Å². The fourth-order valence-corrected chi connectivity index (χ4v) is 3.05. The summed E-state index contributed by atoms with van der Waals surface area (Å²) in [4.78, 5) is 18.7. The summed E-state index contributed by atoms with van der Waals surface area (Å²) in [6, 6.07) is 3.49. The van der Waals surface area contributed by atoms with Gasteiger partial charge in [-0.3, -0.25) is 4.79 Å². The molecule has 0 saturated carbocycles. The number of hydrogen-bond donors (Lipinski definition) is 1. The van der Waals surface area contributed by atoms with Gasteiger partial charge in [0.2, 0.25) is 0 Å². The van der Waals surface area contributed by atoms with Crippen molar-refractivity contribution >= 4 is 17.5 Å². The molecular formula is C16H23ClN2O2. The van der Waals surface area contributed by atoms with Gasteiger partial charge in [-0.25, -0.2) is 4.98 Å². The highest BCUT2D eigenvalue weighted by Gasteiger charge is 2.26. The van der Waals surface area contributed by atoms with Gasteiger partial charge in [0.1, 0.15) is 5.15 Å². The van der Waals surface area contributed by atoms with E-state index in [-0.39, 0.29) is 12.0 Å². The molecule has 21 heavy (non-hydrogen) atoms. The number of carbonyl (C=O) groups is 1. The summed E-state index contributed by atoms with van der Waals surface area (Å²) >= 11 is 6.02. The summed E-state index contributed by atoms with van der Waals surface area (Å²) in [5, 5.41) is 10.00. The maximum absolute atomic E-state index is 12.6. The molecular weight excluding hydrogens is 288 g/mol. The van der Waals surface area contributed by atoms with Gasteiger partial charge in [-0.1, -0.05) is 24.9 Å². The van der Waals surface area contributed by atoms with E-state index in [0.29, 0.717) is 29.7 Å². The van der Waals surface area contributed by atoms with E-state index in [9.17, 15) is 9.90 Å². The largest absolute Gasteiger partial charge is 0.393 e. The van der Waals surface area contributed by atoms with E-state index in [4.69, 9.17) is 11.6 Å². The zero-order chi connectivity index (χ0) is 15.4. The standard InChI is InChI=1S/C16H23ClN2O2/c1-3-4-14-9-13(10-15(17)18-14)16(21)19-7-5-12(6-8-19)11(2)20/h9-12,20H,3-8H2,1-2H3. The van der Waals surface area contributed by atoms with E-state index in [1.807, 2.05) is 17.9 Å². The fourth-order valence-electron chi connectivity index (χ4n) is 2.83. The van der Waals surface area contributed by atoms with Crippen LogP contribution in [0.25, 0.3) is 0 Å².